The summed E-state index contributed by atoms with van der Waals surface area (Å²) in [7, 11) is -3.77. The van der Waals surface area contributed by atoms with E-state index in [0.29, 0.717) is 23.8 Å². The number of benzene rings is 2. The topological polar surface area (TPSA) is 66.5 Å². The largest absolute Gasteiger partial charge is 0.321 e. The second-order valence-electron chi connectivity index (χ2n) is 5.17. The Morgan fingerprint density at radius 1 is 1.04 bits per heavy atom. The first-order chi connectivity index (χ1) is 11.8. The van der Waals surface area contributed by atoms with Crippen LogP contribution in [0.3, 0.4) is 0 Å². The fourth-order valence-electron chi connectivity index (χ4n) is 2.30. The van der Waals surface area contributed by atoms with E-state index in [-0.39, 0.29) is 15.5 Å². The van der Waals surface area contributed by atoms with Gasteiger partial charge in [0, 0.05) is 18.7 Å². The number of halogens is 2. The van der Waals surface area contributed by atoms with Crippen molar-refractivity contribution < 1.29 is 13.2 Å². The maximum atomic E-state index is 12.7. The maximum absolute atomic E-state index is 12.7. The third-order valence-corrected chi connectivity index (χ3v) is 6.50. The van der Waals surface area contributed by atoms with E-state index in [2.05, 4.69) is 5.32 Å². The van der Waals surface area contributed by atoms with Gasteiger partial charge in [0.25, 0.3) is 5.91 Å². The molecule has 2 aromatic carbocycles. The highest BCUT2D eigenvalue weighted by atomic mass is 35.5. The Labute approximate surface area is 157 Å². The van der Waals surface area contributed by atoms with Gasteiger partial charge in [0.2, 0.25) is 10.0 Å². The van der Waals surface area contributed by atoms with Crippen LogP contribution in [0.4, 0.5) is 5.69 Å². The molecule has 0 atom stereocenters. The smallest absolute Gasteiger partial charge is 0.255 e. The van der Waals surface area contributed by atoms with Crippen LogP contribution < -0.4 is 5.32 Å². The average Bonchev–Trinajstić information content (AvgIpc) is 2.58. The van der Waals surface area contributed by atoms with E-state index in [1.54, 1.807) is 38.1 Å². The molecule has 2 rings (SSSR count). The second kappa shape index (κ2) is 8.19. The number of carbonyl (C=O) groups is 1. The van der Waals surface area contributed by atoms with Gasteiger partial charge in [0.05, 0.1) is 15.7 Å². The van der Waals surface area contributed by atoms with Gasteiger partial charge in [-0.3, -0.25) is 4.79 Å². The zero-order chi connectivity index (χ0) is 18.6. The minimum Gasteiger partial charge on any atom is -0.321 e. The third-order valence-electron chi connectivity index (χ3n) is 3.64. The van der Waals surface area contributed by atoms with E-state index in [1.165, 1.54) is 22.5 Å². The lowest BCUT2D eigenvalue weighted by Gasteiger charge is -2.19. The van der Waals surface area contributed by atoms with Gasteiger partial charge >= 0.3 is 0 Å². The number of amides is 1. The van der Waals surface area contributed by atoms with Gasteiger partial charge in [0.15, 0.2) is 0 Å². The van der Waals surface area contributed by atoms with E-state index >= 15 is 0 Å². The van der Waals surface area contributed by atoms with E-state index in [4.69, 9.17) is 23.2 Å². The molecule has 0 fully saturated rings. The van der Waals surface area contributed by atoms with Crippen LogP contribution in [0.2, 0.25) is 10.0 Å². The molecule has 0 saturated carbocycles. The minimum absolute atomic E-state index is 0.0705. The lowest BCUT2D eigenvalue weighted by molar-refractivity contribution is 0.102. The van der Waals surface area contributed by atoms with Crippen LogP contribution in [0.1, 0.15) is 24.2 Å². The molecule has 0 spiro atoms. The Balaban J connectivity index is 2.39. The molecule has 0 aliphatic rings. The van der Waals surface area contributed by atoms with Crippen molar-refractivity contribution in [1.29, 1.82) is 0 Å². The maximum Gasteiger partial charge on any atom is 0.255 e. The zero-order valence-electron chi connectivity index (χ0n) is 13.8. The number of hydrogen-bond acceptors (Lipinski definition) is 3. The Morgan fingerprint density at radius 3 is 2.28 bits per heavy atom. The van der Waals surface area contributed by atoms with Crippen molar-refractivity contribution in [1.82, 2.24) is 4.31 Å². The van der Waals surface area contributed by atoms with Crippen LogP contribution in [0.25, 0.3) is 0 Å². The summed E-state index contributed by atoms with van der Waals surface area (Å²) in [6.07, 6.45) is 0. The van der Waals surface area contributed by atoms with Crippen molar-refractivity contribution in [3.8, 4) is 0 Å². The molecule has 2 aromatic rings. The van der Waals surface area contributed by atoms with Gasteiger partial charge < -0.3 is 5.32 Å². The quantitative estimate of drug-likeness (QED) is 0.786. The van der Waals surface area contributed by atoms with Crippen molar-refractivity contribution in [2.45, 2.75) is 18.7 Å². The zero-order valence-corrected chi connectivity index (χ0v) is 16.1. The number of carbonyl (C=O) groups excluding carboxylic acids is 1. The SMILES string of the molecule is CCN(CC)S(=O)(=O)c1cc(C(=O)Nc2ccccc2Cl)ccc1Cl. The molecule has 1 amide bonds. The molecule has 0 aliphatic carbocycles. The minimum atomic E-state index is -3.77. The highest BCUT2D eigenvalue weighted by Crippen LogP contribution is 2.27. The number of nitrogens with zero attached hydrogens (tertiary/aromatic N) is 1. The summed E-state index contributed by atoms with van der Waals surface area (Å²) < 4.78 is 26.7. The molecule has 25 heavy (non-hydrogen) atoms. The molecule has 0 heterocycles. The van der Waals surface area contributed by atoms with Gasteiger partial charge in [-0.1, -0.05) is 49.2 Å². The monoisotopic (exact) mass is 400 g/mol. The van der Waals surface area contributed by atoms with Gasteiger partial charge in [-0.25, -0.2) is 8.42 Å². The Kier molecular flexibility index (Phi) is 6.46. The Bertz CT molecular complexity index is 881. The van der Waals surface area contributed by atoms with Crippen LogP contribution in [0.5, 0.6) is 0 Å². The summed E-state index contributed by atoms with van der Waals surface area (Å²) in [6, 6.07) is 10.9. The highest BCUT2D eigenvalue weighted by Gasteiger charge is 2.25. The molecule has 0 aromatic heterocycles. The van der Waals surface area contributed by atoms with Crippen LogP contribution >= 0.6 is 23.2 Å². The number of para-hydroxylation sites is 1. The molecule has 1 N–H and O–H groups in total. The van der Waals surface area contributed by atoms with Crippen molar-refractivity contribution in [3.63, 3.8) is 0 Å². The summed E-state index contributed by atoms with van der Waals surface area (Å²) >= 11 is 12.1. The molecule has 0 bridgehead atoms. The number of nitrogens with one attached hydrogen (secondary N) is 1. The third kappa shape index (κ3) is 4.33. The van der Waals surface area contributed by atoms with E-state index in [9.17, 15) is 13.2 Å². The van der Waals surface area contributed by atoms with Crippen molar-refractivity contribution >= 4 is 44.8 Å². The molecule has 8 heteroatoms. The van der Waals surface area contributed by atoms with E-state index < -0.39 is 15.9 Å². The van der Waals surface area contributed by atoms with Crippen molar-refractivity contribution in [3.05, 3.63) is 58.1 Å². The molecular formula is C17H18Cl2N2O3S. The number of sulfonamides is 1. The summed E-state index contributed by atoms with van der Waals surface area (Å²) in [5.41, 5.74) is 0.618. The van der Waals surface area contributed by atoms with Gasteiger partial charge in [-0.05, 0) is 30.3 Å². The molecule has 5 nitrogen and oxygen atoms in total. The lowest BCUT2D eigenvalue weighted by Crippen LogP contribution is -2.31. The summed E-state index contributed by atoms with van der Waals surface area (Å²) in [6.45, 7) is 4.10. The standard InChI is InChI=1S/C17H18Cl2N2O3S/c1-3-21(4-2)25(23,24)16-11-12(9-10-14(16)19)17(22)20-15-8-6-5-7-13(15)18/h5-11H,3-4H2,1-2H3,(H,20,22). The van der Waals surface area contributed by atoms with Crippen LogP contribution in [-0.2, 0) is 10.0 Å². The predicted octanol–water partition coefficient (Wildman–Crippen LogP) is 4.28. The van der Waals surface area contributed by atoms with Crippen molar-refractivity contribution in [2.24, 2.45) is 0 Å². The average molecular weight is 401 g/mol. The first-order valence-electron chi connectivity index (χ1n) is 7.66. The molecule has 0 aliphatic heterocycles. The summed E-state index contributed by atoms with van der Waals surface area (Å²) in [5.74, 6) is -0.472. The van der Waals surface area contributed by atoms with Crippen LogP contribution in [-0.4, -0.2) is 31.7 Å². The van der Waals surface area contributed by atoms with Crippen LogP contribution in [0.15, 0.2) is 47.4 Å². The first kappa shape index (κ1) is 19.7. The fourth-order valence-corrected chi connectivity index (χ4v) is 4.44. The van der Waals surface area contributed by atoms with Gasteiger partial charge in [-0.15, -0.1) is 0 Å². The molecule has 0 radical (unpaired) electrons. The Morgan fingerprint density at radius 2 is 1.68 bits per heavy atom. The molecule has 0 unspecified atom stereocenters. The normalized spacial score (nSPS) is 11.6. The predicted molar refractivity (Wildman–Crippen MR) is 101 cm³/mol. The van der Waals surface area contributed by atoms with Gasteiger partial charge in [0.1, 0.15) is 4.90 Å². The number of hydrogen-bond donors (Lipinski definition) is 1. The summed E-state index contributed by atoms with van der Waals surface area (Å²) in [5, 5.41) is 3.12. The van der Waals surface area contributed by atoms with E-state index in [0.717, 1.165) is 0 Å². The lowest BCUT2D eigenvalue weighted by atomic mass is 10.2. The van der Waals surface area contributed by atoms with Crippen molar-refractivity contribution in [2.75, 3.05) is 18.4 Å². The van der Waals surface area contributed by atoms with Crippen LogP contribution in [0, 0.1) is 0 Å². The highest BCUT2D eigenvalue weighted by molar-refractivity contribution is 7.89. The number of anilines is 1. The first-order valence-corrected chi connectivity index (χ1v) is 9.86. The molecule has 134 valence electrons. The Hall–Kier alpha value is -1.60. The second-order valence-corrected chi connectivity index (χ2v) is 7.89. The molecule has 0 saturated heterocycles. The summed E-state index contributed by atoms with van der Waals surface area (Å²) in [4.78, 5) is 12.4. The van der Waals surface area contributed by atoms with Gasteiger partial charge in [-0.2, -0.15) is 4.31 Å². The fraction of sp³-hybridized carbons (Fsp3) is 0.235. The number of rotatable bonds is 6. The van der Waals surface area contributed by atoms with E-state index in [1.807, 2.05) is 0 Å². The molecular weight excluding hydrogens is 383 g/mol.